The lowest BCUT2D eigenvalue weighted by molar-refractivity contribution is 0.0557. The molecule has 2 atom stereocenters. The number of unbranched alkanes of at least 4 members (excludes halogenated alkanes) is 38. The minimum Gasteiger partial charge on any atom is -0.274 e. The molecule has 0 fully saturated rings. The summed E-state index contributed by atoms with van der Waals surface area (Å²) in [5.74, 6) is -0.771. The summed E-state index contributed by atoms with van der Waals surface area (Å²) < 4.78 is 2.10. The number of hydrogen-bond acceptors (Lipinski definition) is 6. The Balaban J connectivity index is 1.43. The zero-order valence-electron chi connectivity index (χ0n) is 59.3. The van der Waals surface area contributed by atoms with Crippen LogP contribution in [0.4, 0.5) is 0 Å². The number of imide groups is 2. The SMILES string of the molecule is CCCCCCCCCCCCC(CCCCCCCCCC)CN1C(=O)c2cc(-c3cc(CCCCCC)c(Br)s3)c3c4c(cc(-c5cc(CCCCCC)c(Br)s5)c(c24)C1=O)C(=O)N(CC(CCCCCCCCCC)CCCCCCCCCCCC)C3=O. The van der Waals surface area contributed by atoms with Gasteiger partial charge in [0, 0.05) is 55.9 Å². The number of carbonyl (C=O) groups is 4. The van der Waals surface area contributed by atoms with E-state index in [4.69, 9.17) is 0 Å². The molecule has 0 radical (unpaired) electrons. The first-order chi connectivity index (χ1) is 45.0. The topological polar surface area (TPSA) is 74.8 Å². The summed E-state index contributed by atoms with van der Waals surface area (Å²) in [5.41, 5.74) is 5.72. The molecule has 2 aromatic carbocycles. The Morgan fingerprint density at radius 3 is 0.804 bits per heavy atom. The molecule has 6 rings (SSSR count). The first kappa shape index (κ1) is 78.3. The van der Waals surface area contributed by atoms with Crippen molar-refractivity contribution in [2.45, 2.75) is 363 Å². The van der Waals surface area contributed by atoms with Crippen molar-refractivity contribution in [2.24, 2.45) is 11.8 Å². The van der Waals surface area contributed by atoms with Crippen LogP contribution >= 0.6 is 54.5 Å². The van der Waals surface area contributed by atoms with Crippen LogP contribution in [0.25, 0.3) is 31.7 Å². The molecule has 2 aliphatic heterocycles. The lowest BCUT2D eigenvalue weighted by atomic mass is 9.80. The number of nitrogens with zero attached hydrogens (tertiary/aromatic N) is 2. The van der Waals surface area contributed by atoms with Crippen molar-refractivity contribution in [3.63, 3.8) is 0 Å². The van der Waals surface area contributed by atoms with Crippen LogP contribution in [0.2, 0.25) is 0 Å². The second-order valence-electron chi connectivity index (χ2n) is 28.5. The van der Waals surface area contributed by atoms with Gasteiger partial charge in [-0.3, -0.25) is 29.0 Å². The van der Waals surface area contributed by atoms with Crippen LogP contribution in [-0.4, -0.2) is 46.5 Å². The minimum atomic E-state index is -0.286. The molecule has 4 aromatic rings. The molecule has 0 N–H and O–H groups in total. The second kappa shape index (κ2) is 45.8. The molecule has 0 spiro atoms. The lowest BCUT2D eigenvalue weighted by Gasteiger charge is -2.36. The van der Waals surface area contributed by atoms with Crippen molar-refractivity contribution in [2.75, 3.05) is 13.1 Å². The molecule has 4 amide bonds. The summed E-state index contributed by atoms with van der Waals surface area (Å²) in [7, 11) is 0. The highest BCUT2D eigenvalue weighted by Gasteiger charge is 2.44. The van der Waals surface area contributed by atoms with Gasteiger partial charge >= 0.3 is 0 Å². The molecular formula is C82H128Br2N2O4S2. The molecule has 10 heteroatoms. The third-order valence-corrected chi connectivity index (χ3v) is 24.7. The minimum absolute atomic E-state index is 0.180. The number of halogens is 2. The molecular weight excluding hydrogens is 1300 g/mol. The smallest absolute Gasteiger partial charge is 0.262 e. The number of rotatable bonds is 56. The summed E-state index contributed by atoms with van der Waals surface area (Å²) in [6.07, 6.45) is 60.3. The maximum absolute atomic E-state index is 16.1. The molecule has 4 heterocycles. The van der Waals surface area contributed by atoms with E-state index in [0.29, 0.717) is 57.2 Å². The van der Waals surface area contributed by atoms with Crippen molar-refractivity contribution in [3.8, 4) is 20.9 Å². The fraction of sp³-hybridized carbons (Fsp3) is 0.732. The van der Waals surface area contributed by atoms with Crippen LogP contribution in [-0.2, 0) is 12.8 Å². The van der Waals surface area contributed by atoms with E-state index in [1.54, 1.807) is 32.5 Å². The van der Waals surface area contributed by atoms with Crippen LogP contribution < -0.4 is 0 Å². The average Bonchev–Trinajstić information content (AvgIpc) is 0.870. The molecule has 0 saturated carbocycles. The predicted molar refractivity (Wildman–Crippen MR) is 407 cm³/mol. The van der Waals surface area contributed by atoms with Gasteiger partial charge in [-0.2, -0.15) is 0 Å². The van der Waals surface area contributed by atoms with E-state index >= 15 is 19.2 Å². The Labute approximate surface area is 587 Å². The Hall–Kier alpha value is -2.66. The van der Waals surface area contributed by atoms with E-state index in [2.05, 4.69) is 85.5 Å². The third-order valence-electron chi connectivity index (χ3n) is 20.7. The zero-order chi connectivity index (χ0) is 65.7. The maximum Gasteiger partial charge on any atom is 0.262 e. The largest absolute Gasteiger partial charge is 0.274 e. The van der Waals surface area contributed by atoms with Gasteiger partial charge in [0.25, 0.3) is 23.6 Å². The number of thiophene rings is 2. The van der Waals surface area contributed by atoms with Crippen LogP contribution in [0.15, 0.2) is 31.8 Å². The van der Waals surface area contributed by atoms with Gasteiger partial charge in [-0.25, -0.2) is 0 Å². The molecule has 0 bridgehead atoms. The fourth-order valence-electron chi connectivity index (χ4n) is 14.9. The molecule has 2 aromatic heterocycles. The number of carbonyl (C=O) groups excluding carboxylic acids is 4. The Morgan fingerprint density at radius 2 is 0.543 bits per heavy atom. The van der Waals surface area contributed by atoms with Gasteiger partial charge in [-0.1, -0.05) is 311 Å². The summed E-state index contributed by atoms with van der Waals surface area (Å²) >= 11 is 11.3. The molecule has 0 saturated heterocycles. The van der Waals surface area contributed by atoms with Crippen LogP contribution in [0.1, 0.15) is 402 Å². The van der Waals surface area contributed by atoms with E-state index in [0.717, 1.165) is 107 Å². The second-order valence-corrected chi connectivity index (χ2v) is 33.3. The molecule has 0 aliphatic carbocycles. The van der Waals surface area contributed by atoms with Crippen LogP contribution in [0.3, 0.4) is 0 Å². The molecule has 516 valence electrons. The van der Waals surface area contributed by atoms with Crippen molar-refractivity contribution in [3.05, 3.63) is 65.2 Å². The Morgan fingerprint density at radius 1 is 0.304 bits per heavy atom. The number of benzene rings is 2. The van der Waals surface area contributed by atoms with Crippen molar-refractivity contribution >= 4 is 88.9 Å². The van der Waals surface area contributed by atoms with Gasteiger partial charge in [0.1, 0.15) is 0 Å². The summed E-state index contributed by atoms with van der Waals surface area (Å²) in [6, 6.07) is 8.50. The summed E-state index contributed by atoms with van der Waals surface area (Å²) in [4.78, 5) is 69.4. The first-order valence-corrected chi connectivity index (χ1v) is 42.2. The molecule has 2 aliphatic rings. The van der Waals surface area contributed by atoms with Crippen molar-refractivity contribution < 1.29 is 19.2 Å². The Kier molecular flexibility index (Phi) is 39.0. The molecule has 2 unspecified atom stereocenters. The Bertz CT molecular complexity index is 2590. The van der Waals surface area contributed by atoms with Gasteiger partial charge in [-0.15, -0.1) is 22.7 Å². The number of amides is 4. The lowest BCUT2D eigenvalue weighted by Crippen LogP contribution is -2.46. The highest BCUT2D eigenvalue weighted by atomic mass is 79.9. The van der Waals surface area contributed by atoms with Gasteiger partial charge in [0.05, 0.1) is 18.7 Å². The average molecular weight is 1430 g/mol. The number of hydrogen-bond donors (Lipinski definition) is 0. The van der Waals surface area contributed by atoms with E-state index in [9.17, 15) is 0 Å². The van der Waals surface area contributed by atoms with E-state index in [1.165, 1.54) is 242 Å². The monoisotopic (exact) mass is 1430 g/mol. The van der Waals surface area contributed by atoms with Gasteiger partial charge in [0.15, 0.2) is 0 Å². The third kappa shape index (κ3) is 25.0. The molecule has 92 heavy (non-hydrogen) atoms. The van der Waals surface area contributed by atoms with Crippen molar-refractivity contribution in [1.29, 1.82) is 0 Å². The standard InChI is InChI=1S/C82H128Br2N2O4S2/c1-7-13-19-25-29-33-35-39-43-47-53-63(51-45-41-37-31-27-21-15-9-3)61-85-79(87)69-59-68(72-58-66(78(84)92-72)56-50-24-18-12-6)76-74-70(60-67(75(73(69)74)81(85)89)71-57-65(77(83)91-71)55-49-23-17-11-5)80(88)86(82(76)90)62-64(52-46-42-38-32-28-22-16-10-4)54-48-44-40-36-34-30-26-20-14-8-2/h57-60,63-64H,7-56,61-62H2,1-6H3. The van der Waals surface area contributed by atoms with Crippen molar-refractivity contribution in [1.82, 2.24) is 9.80 Å². The summed E-state index contributed by atoms with van der Waals surface area (Å²) in [5, 5.41) is 1.01. The number of aryl methyl sites for hydroxylation is 2. The predicted octanol–water partition coefficient (Wildman–Crippen LogP) is 28.2. The normalized spacial score (nSPS) is 13.9. The van der Waals surface area contributed by atoms with Gasteiger partial charge < -0.3 is 0 Å². The molecule has 6 nitrogen and oxygen atoms in total. The highest BCUT2D eigenvalue weighted by molar-refractivity contribution is 9.11. The fourth-order valence-corrected chi connectivity index (χ4v) is 18.5. The van der Waals surface area contributed by atoms with Gasteiger partial charge in [0.2, 0.25) is 0 Å². The van der Waals surface area contributed by atoms with Crippen LogP contribution in [0, 0.1) is 11.8 Å². The zero-order valence-corrected chi connectivity index (χ0v) is 64.1. The summed E-state index contributed by atoms with van der Waals surface area (Å²) in [6.45, 7) is 14.4. The highest BCUT2D eigenvalue weighted by Crippen LogP contribution is 2.50. The quantitative estimate of drug-likeness (QED) is 0.0326. The maximum atomic E-state index is 16.1. The van der Waals surface area contributed by atoms with E-state index in [1.807, 2.05) is 12.1 Å². The van der Waals surface area contributed by atoms with E-state index in [-0.39, 0.29) is 35.5 Å². The van der Waals surface area contributed by atoms with Crippen LogP contribution in [0.5, 0.6) is 0 Å². The van der Waals surface area contributed by atoms with E-state index < -0.39 is 0 Å². The first-order valence-electron chi connectivity index (χ1n) is 39.0. The van der Waals surface area contributed by atoms with Gasteiger partial charge in [-0.05, 0) is 130 Å².